The Balaban J connectivity index is 1.64. The molecule has 0 spiro atoms. The van der Waals surface area contributed by atoms with Crippen molar-refractivity contribution in [2.75, 3.05) is 26.2 Å². The van der Waals surface area contributed by atoms with Crippen molar-refractivity contribution in [2.45, 2.75) is 75.6 Å². The van der Waals surface area contributed by atoms with Gasteiger partial charge in [0.05, 0.1) is 12.0 Å². The summed E-state index contributed by atoms with van der Waals surface area (Å²) in [7, 11) is 0. The van der Waals surface area contributed by atoms with Crippen LogP contribution in [-0.4, -0.2) is 54.0 Å². The zero-order valence-corrected chi connectivity index (χ0v) is 13.3. The summed E-state index contributed by atoms with van der Waals surface area (Å²) in [5.74, 6) is 0. The van der Waals surface area contributed by atoms with E-state index in [0.717, 1.165) is 38.5 Å². The van der Waals surface area contributed by atoms with Crippen LogP contribution in [0.1, 0.15) is 57.8 Å². The maximum atomic E-state index is 12.2. The molecule has 0 aromatic heterocycles. The fraction of sp³-hybridized carbons (Fsp3) is 1.00. The molecule has 1 saturated heterocycles. The second-order valence-electron chi connectivity index (χ2n) is 7.00. The van der Waals surface area contributed by atoms with E-state index in [2.05, 4.69) is 5.32 Å². The fourth-order valence-electron chi connectivity index (χ4n) is 3.54. The molecule has 1 aliphatic heterocycles. The Morgan fingerprint density at radius 3 is 2.18 bits per heavy atom. The quantitative estimate of drug-likeness (QED) is 0.764. The predicted octanol–water partition coefficient (Wildman–Crippen LogP) is 3.08. The molecule has 0 radical (unpaired) electrons. The monoisotopic (exact) mass is 322 g/mol. The van der Waals surface area contributed by atoms with Crippen molar-refractivity contribution in [2.24, 2.45) is 0 Å². The zero-order valence-electron chi connectivity index (χ0n) is 13.3. The van der Waals surface area contributed by atoms with Crippen molar-refractivity contribution in [1.29, 1.82) is 0 Å². The Labute approximate surface area is 131 Å². The van der Waals surface area contributed by atoms with Gasteiger partial charge in [-0.25, -0.2) is 0 Å². The molecule has 1 heterocycles. The minimum absolute atomic E-state index is 0.111. The Hall–Kier alpha value is -0.330. The molecule has 0 atom stereocenters. The van der Waals surface area contributed by atoms with Crippen LogP contribution in [0, 0.1) is 0 Å². The lowest BCUT2D eigenvalue weighted by Crippen LogP contribution is -2.48. The maximum absolute atomic E-state index is 12.2. The third-order valence-corrected chi connectivity index (χ3v) is 5.05. The molecule has 0 amide bonds. The van der Waals surface area contributed by atoms with Crippen molar-refractivity contribution in [3.8, 4) is 0 Å². The second kappa shape index (κ2) is 7.97. The van der Waals surface area contributed by atoms with Crippen LogP contribution in [0.2, 0.25) is 0 Å². The van der Waals surface area contributed by atoms with E-state index in [0.29, 0.717) is 25.7 Å². The number of aliphatic hydroxyl groups is 1. The summed E-state index contributed by atoms with van der Waals surface area (Å²) < 4.78 is 36.7. The fourth-order valence-corrected chi connectivity index (χ4v) is 3.54. The molecule has 22 heavy (non-hydrogen) atoms. The predicted molar refractivity (Wildman–Crippen MR) is 80.8 cm³/mol. The van der Waals surface area contributed by atoms with Crippen molar-refractivity contribution in [3.05, 3.63) is 0 Å². The molecule has 2 N–H and O–H groups in total. The van der Waals surface area contributed by atoms with Gasteiger partial charge >= 0.3 is 6.18 Å². The molecule has 0 aromatic carbocycles. The summed E-state index contributed by atoms with van der Waals surface area (Å²) in [6.07, 6.45) is 3.29. The van der Waals surface area contributed by atoms with Gasteiger partial charge in [0.1, 0.15) is 0 Å². The van der Waals surface area contributed by atoms with Gasteiger partial charge in [0, 0.05) is 19.1 Å². The van der Waals surface area contributed by atoms with Gasteiger partial charge in [-0.05, 0) is 38.8 Å². The van der Waals surface area contributed by atoms with E-state index in [1.807, 2.05) is 4.90 Å². The summed E-state index contributed by atoms with van der Waals surface area (Å²) in [6, 6.07) is 0.328. The normalized spacial score (nSPS) is 25.1. The third kappa shape index (κ3) is 6.42. The number of nitrogens with zero attached hydrogens (tertiary/aromatic N) is 1. The standard InChI is InChI=1S/C16H29F3N2O/c17-16(18,19)9-12-21-10-5-14(6-11-21)20-13-15(22)7-3-1-2-4-8-15/h14,20,22H,1-13H2. The molecule has 0 aromatic rings. The van der Waals surface area contributed by atoms with Crippen LogP contribution in [0.15, 0.2) is 0 Å². The van der Waals surface area contributed by atoms with Crippen LogP contribution < -0.4 is 5.32 Å². The zero-order chi connectivity index (χ0) is 16.1. The van der Waals surface area contributed by atoms with E-state index in [1.54, 1.807) is 0 Å². The van der Waals surface area contributed by atoms with Gasteiger partial charge < -0.3 is 15.3 Å². The number of hydrogen-bond donors (Lipinski definition) is 2. The van der Waals surface area contributed by atoms with Crippen molar-refractivity contribution < 1.29 is 18.3 Å². The second-order valence-corrected chi connectivity index (χ2v) is 7.00. The number of alkyl halides is 3. The minimum atomic E-state index is -4.06. The van der Waals surface area contributed by atoms with Crippen LogP contribution in [0.4, 0.5) is 13.2 Å². The maximum Gasteiger partial charge on any atom is 0.390 e. The lowest BCUT2D eigenvalue weighted by molar-refractivity contribution is -0.138. The number of likely N-dealkylation sites (tertiary alicyclic amines) is 1. The van der Waals surface area contributed by atoms with Crippen LogP contribution in [0.5, 0.6) is 0 Å². The van der Waals surface area contributed by atoms with E-state index in [-0.39, 0.29) is 6.54 Å². The summed E-state index contributed by atoms with van der Waals surface area (Å²) in [6.45, 7) is 2.17. The number of hydrogen-bond acceptors (Lipinski definition) is 3. The number of halogens is 3. The highest BCUT2D eigenvalue weighted by molar-refractivity contribution is 4.86. The SMILES string of the molecule is OC1(CNC2CCN(CCC(F)(F)F)CC2)CCCCCC1. The third-order valence-electron chi connectivity index (χ3n) is 5.05. The van der Waals surface area contributed by atoms with E-state index < -0.39 is 18.2 Å². The topological polar surface area (TPSA) is 35.5 Å². The average molecular weight is 322 g/mol. The molecular weight excluding hydrogens is 293 g/mol. The van der Waals surface area contributed by atoms with Crippen LogP contribution >= 0.6 is 0 Å². The Bertz CT molecular complexity index is 320. The Kier molecular flexibility index (Phi) is 6.53. The van der Waals surface area contributed by atoms with Crippen molar-refractivity contribution >= 4 is 0 Å². The van der Waals surface area contributed by atoms with E-state index in [1.165, 1.54) is 12.8 Å². The first kappa shape index (κ1) is 18.0. The summed E-state index contributed by atoms with van der Waals surface area (Å²) in [5.41, 5.74) is -0.579. The molecule has 0 bridgehead atoms. The van der Waals surface area contributed by atoms with Gasteiger partial charge in [0.2, 0.25) is 0 Å². The molecule has 1 saturated carbocycles. The smallest absolute Gasteiger partial charge is 0.389 e. The lowest BCUT2D eigenvalue weighted by Gasteiger charge is -2.35. The molecule has 1 aliphatic carbocycles. The van der Waals surface area contributed by atoms with Gasteiger partial charge in [0.15, 0.2) is 0 Å². The Morgan fingerprint density at radius 2 is 1.64 bits per heavy atom. The van der Waals surface area contributed by atoms with E-state index >= 15 is 0 Å². The summed E-state index contributed by atoms with van der Waals surface area (Å²) >= 11 is 0. The van der Waals surface area contributed by atoms with E-state index in [4.69, 9.17) is 0 Å². The summed E-state index contributed by atoms with van der Waals surface area (Å²) in [5, 5.41) is 14.1. The van der Waals surface area contributed by atoms with Crippen LogP contribution in [0.3, 0.4) is 0 Å². The molecule has 3 nitrogen and oxygen atoms in total. The Morgan fingerprint density at radius 1 is 1.05 bits per heavy atom. The highest BCUT2D eigenvalue weighted by Crippen LogP contribution is 2.27. The molecule has 130 valence electrons. The van der Waals surface area contributed by atoms with Crippen molar-refractivity contribution in [1.82, 2.24) is 10.2 Å². The average Bonchev–Trinajstić information content (AvgIpc) is 2.69. The summed E-state index contributed by atoms with van der Waals surface area (Å²) in [4.78, 5) is 1.89. The number of rotatable bonds is 5. The number of nitrogens with one attached hydrogen (secondary N) is 1. The minimum Gasteiger partial charge on any atom is -0.389 e. The highest BCUT2D eigenvalue weighted by Gasteiger charge is 2.31. The number of piperidine rings is 1. The van der Waals surface area contributed by atoms with Gasteiger partial charge in [-0.1, -0.05) is 25.7 Å². The molecule has 2 rings (SSSR count). The first-order chi connectivity index (χ1) is 10.4. The van der Waals surface area contributed by atoms with Crippen LogP contribution in [-0.2, 0) is 0 Å². The first-order valence-corrected chi connectivity index (χ1v) is 8.61. The molecule has 6 heteroatoms. The molecule has 0 unspecified atom stereocenters. The van der Waals surface area contributed by atoms with Gasteiger partial charge in [-0.15, -0.1) is 0 Å². The largest absolute Gasteiger partial charge is 0.390 e. The first-order valence-electron chi connectivity index (χ1n) is 8.61. The van der Waals surface area contributed by atoms with Gasteiger partial charge in [0.25, 0.3) is 0 Å². The molecular formula is C16H29F3N2O. The lowest BCUT2D eigenvalue weighted by atomic mass is 9.93. The van der Waals surface area contributed by atoms with Gasteiger partial charge in [-0.2, -0.15) is 13.2 Å². The van der Waals surface area contributed by atoms with Gasteiger partial charge in [-0.3, -0.25) is 0 Å². The van der Waals surface area contributed by atoms with Crippen molar-refractivity contribution in [3.63, 3.8) is 0 Å². The van der Waals surface area contributed by atoms with E-state index in [9.17, 15) is 18.3 Å². The molecule has 2 fully saturated rings. The van der Waals surface area contributed by atoms with Crippen LogP contribution in [0.25, 0.3) is 0 Å². The highest BCUT2D eigenvalue weighted by atomic mass is 19.4. The molecule has 2 aliphatic rings.